The highest BCUT2D eigenvalue weighted by Crippen LogP contribution is 2.41. The van der Waals surface area contributed by atoms with Crippen molar-refractivity contribution < 1.29 is 15.3 Å². The lowest BCUT2D eigenvalue weighted by Crippen LogP contribution is -1.92. The maximum absolute atomic E-state index is 9.94. The van der Waals surface area contributed by atoms with Crippen LogP contribution in [-0.2, 0) is 0 Å². The molecule has 0 bridgehead atoms. The molecule has 2 aromatic rings. The molecule has 0 radical (unpaired) electrons. The molecule has 0 aliphatic rings. The molecule has 3 heteroatoms. The first-order valence-corrected chi connectivity index (χ1v) is 5.74. The van der Waals surface area contributed by atoms with E-state index in [9.17, 15) is 15.3 Å². The smallest absolute Gasteiger partial charge is 0.161 e. The van der Waals surface area contributed by atoms with Crippen molar-refractivity contribution in [3.8, 4) is 28.4 Å². The van der Waals surface area contributed by atoms with Gasteiger partial charge in [0.1, 0.15) is 5.75 Å². The molecule has 18 heavy (non-hydrogen) atoms. The molecule has 0 amide bonds. The molecular formula is C15H16O3. The maximum Gasteiger partial charge on any atom is 0.161 e. The number of phenols is 3. The highest BCUT2D eigenvalue weighted by molar-refractivity contribution is 5.79. The normalized spacial score (nSPS) is 10.6. The van der Waals surface area contributed by atoms with Crippen molar-refractivity contribution in [2.45, 2.75) is 20.8 Å². The van der Waals surface area contributed by atoms with Crippen LogP contribution in [0.2, 0.25) is 0 Å². The second-order valence-electron chi connectivity index (χ2n) is 4.56. The lowest BCUT2D eigenvalue weighted by molar-refractivity contribution is 0.397. The van der Waals surface area contributed by atoms with Gasteiger partial charge in [0.2, 0.25) is 0 Å². The van der Waals surface area contributed by atoms with Gasteiger partial charge in [0.15, 0.2) is 11.5 Å². The molecule has 2 rings (SSSR count). The van der Waals surface area contributed by atoms with Gasteiger partial charge in [-0.15, -0.1) is 0 Å². The minimum atomic E-state index is -0.320. The summed E-state index contributed by atoms with van der Waals surface area (Å²) < 4.78 is 0. The fourth-order valence-corrected chi connectivity index (χ4v) is 2.13. The Balaban J connectivity index is 2.77. The molecule has 0 spiro atoms. The minimum absolute atomic E-state index is 0.0397. The highest BCUT2D eigenvalue weighted by Gasteiger charge is 2.14. The van der Waals surface area contributed by atoms with E-state index in [1.54, 1.807) is 0 Å². The molecule has 0 fully saturated rings. The van der Waals surface area contributed by atoms with Gasteiger partial charge in [0.05, 0.1) is 0 Å². The van der Waals surface area contributed by atoms with E-state index in [2.05, 4.69) is 0 Å². The number of phenolic OH excluding ortho intramolecular Hbond substituents is 3. The molecule has 0 aromatic heterocycles. The molecule has 0 saturated carbocycles. The van der Waals surface area contributed by atoms with E-state index < -0.39 is 0 Å². The Morgan fingerprint density at radius 1 is 0.722 bits per heavy atom. The molecule has 0 atom stereocenters. The summed E-state index contributed by atoms with van der Waals surface area (Å²) in [6, 6.07) is 6.54. The van der Waals surface area contributed by atoms with Crippen LogP contribution in [0.15, 0.2) is 24.3 Å². The zero-order chi connectivity index (χ0) is 13.4. The summed E-state index contributed by atoms with van der Waals surface area (Å²) in [5, 5.41) is 28.9. The molecule has 0 heterocycles. The Kier molecular flexibility index (Phi) is 2.91. The zero-order valence-electron chi connectivity index (χ0n) is 10.7. The van der Waals surface area contributed by atoms with Gasteiger partial charge in [-0.05, 0) is 49.1 Å². The first kappa shape index (κ1) is 12.3. The number of hydrogen-bond donors (Lipinski definition) is 3. The van der Waals surface area contributed by atoms with Crippen LogP contribution in [0.1, 0.15) is 16.7 Å². The molecule has 2 aromatic carbocycles. The van der Waals surface area contributed by atoms with Crippen molar-refractivity contribution in [1.82, 2.24) is 0 Å². The predicted octanol–water partition coefficient (Wildman–Crippen LogP) is 3.40. The van der Waals surface area contributed by atoms with Gasteiger partial charge < -0.3 is 15.3 Å². The van der Waals surface area contributed by atoms with Gasteiger partial charge in [-0.1, -0.05) is 12.1 Å². The first-order valence-electron chi connectivity index (χ1n) is 5.74. The van der Waals surface area contributed by atoms with Crippen molar-refractivity contribution in [3.05, 3.63) is 41.0 Å². The van der Waals surface area contributed by atoms with Crippen LogP contribution in [0.25, 0.3) is 11.1 Å². The highest BCUT2D eigenvalue weighted by atomic mass is 16.3. The van der Waals surface area contributed by atoms with Crippen LogP contribution in [0.3, 0.4) is 0 Å². The molecular weight excluding hydrogens is 228 g/mol. The second kappa shape index (κ2) is 4.26. The monoisotopic (exact) mass is 244 g/mol. The van der Waals surface area contributed by atoms with Crippen molar-refractivity contribution in [2.24, 2.45) is 0 Å². The Bertz CT molecular complexity index is 616. The SMILES string of the molecule is Cc1ccc(C)c(-c2cc(O)c(O)cc2O)c1C. The Hall–Kier alpha value is -2.16. The predicted molar refractivity (Wildman–Crippen MR) is 71.1 cm³/mol. The summed E-state index contributed by atoms with van der Waals surface area (Å²) in [5.74, 6) is -0.593. The fourth-order valence-electron chi connectivity index (χ4n) is 2.13. The van der Waals surface area contributed by atoms with Crippen LogP contribution in [0.5, 0.6) is 17.2 Å². The fraction of sp³-hybridized carbons (Fsp3) is 0.200. The van der Waals surface area contributed by atoms with Crippen molar-refractivity contribution in [2.75, 3.05) is 0 Å². The molecule has 0 aliphatic heterocycles. The van der Waals surface area contributed by atoms with E-state index in [-0.39, 0.29) is 17.2 Å². The van der Waals surface area contributed by atoms with E-state index >= 15 is 0 Å². The van der Waals surface area contributed by atoms with Crippen molar-refractivity contribution in [1.29, 1.82) is 0 Å². The van der Waals surface area contributed by atoms with Gasteiger partial charge in [0, 0.05) is 11.6 Å². The summed E-state index contributed by atoms with van der Waals surface area (Å²) in [7, 11) is 0. The summed E-state index contributed by atoms with van der Waals surface area (Å²) in [6.45, 7) is 5.92. The summed E-state index contributed by atoms with van der Waals surface area (Å²) >= 11 is 0. The number of aryl methyl sites for hydroxylation is 2. The summed E-state index contributed by atoms with van der Waals surface area (Å²) in [4.78, 5) is 0. The Morgan fingerprint density at radius 3 is 1.94 bits per heavy atom. The lowest BCUT2D eigenvalue weighted by atomic mass is 9.92. The quantitative estimate of drug-likeness (QED) is 0.532. The first-order chi connectivity index (χ1) is 8.41. The van der Waals surface area contributed by atoms with Crippen molar-refractivity contribution in [3.63, 3.8) is 0 Å². The average Bonchev–Trinajstić information content (AvgIpc) is 2.31. The van der Waals surface area contributed by atoms with E-state index in [1.165, 1.54) is 6.07 Å². The molecule has 3 N–H and O–H groups in total. The molecule has 0 saturated heterocycles. The van der Waals surface area contributed by atoms with Gasteiger partial charge in [-0.3, -0.25) is 0 Å². The van der Waals surface area contributed by atoms with Gasteiger partial charge in [-0.2, -0.15) is 0 Å². The van der Waals surface area contributed by atoms with Crippen LogP contribution < -0.4 is 0 Å². The van der Waals surface area contributed by atoms with Gasteiger partial charge >= 0.3 is 0 Å². The standard InChI is InChI=1S/C15H16O3/c1-8-4-5-9(2)15(10(8)3)11-6-13(17)14(18)7-12(11)16/h4-7,16-18H,1-3H3. The number of aromatic hydroxyl groups is 3. The molecule has 94 valence electrons. The van der Waals surface area contributed by atoms with Crippen LogP contribution >= 0.6 is 0 Å². The largest absolute Gasteiger partial charge is 0.507 e. The zero-order valence-corrected chi connectivity index (χ0v) is 10.7. The number of hydrogen-bond acceptors (Lipinski definition) is 3. The Morgan fingerprint density at radius 2 is 1.28 bits per heavy atom. The van der Waals surface area contributed by atoms with Crippen molar-refractivity contribution >= 4 is 0 Å². The topological polar surface area (TPSA) is 60.7 Å². The second-order valence-corrected chi connectivity index (χ2v) is 4.56. The van der Waals surface area contributed by atoms with E-state index in [0.717, 1.165) is 28.3 Å². The average molecular weight is 244 g/mol. The Labute approximate surface area is 106 Å². The van der Waals surface area contributed by atoms with Gasteiger partial charge in [0.25, 0.3) is 0 Å². The summed E-state index contributed by atoms with van der Waals surface area (Å²) in [6.07, 6.45) is 0. The number of rotatable bonds is 1. The van der Waals surface area contributed by atoms with Gasteiger partial charge in [-0.25, -0.2) is 0 Å². The van der Waals surface area contributed by atoms with E-state index in [4.69, 9.17) is 0 Å². The molecule has 3 nitrogen and oxygen atoms in total. The minimum Gasteiger partial charge on any atom is -0.507 e. The third kappa shape index (κ3) is 1.88. The van der Waals surface area contributed by atoms with E-state index in [1.807, 2.05) is 32.9 Å². The van der Waals surface area contributed by atoms with Crippen LogP contribution in [0, 0.1) is 20.8 Å². The maximum atomic E-state index is 9.94. The molecule has 0 unspecified atom stereocenters. The third-order valence-electron chi connectivity index (χ3n) is 3.31. The lowest BCUT2D eigenvalue weighted by Gasteiger charge is -2.14. The third-order valence-corrected chi connectivity index (χ3v) is 3.31. The number of benzene rings is 2. The summed E-state index contributed by atoms with van der Waals surface area (Å²) in [5.41, 5.74) is 4.60. The molecule has 0 aliphatic carbocycles. The van der Waals surface area contributed by atoms with Crippen LogP contribution in [0.4, 0.5) is 0 Å². The van der Waals surface area contributed by atoms with Crippen LogP contribution in [-0.4, -0.2) is 15.3 Å². The van der Waals surface area contributed by atoms with E-state index in [0.29, 0.717) is 5.56 Å².